The smallest absolute Gasteiger partial charge is 0.408 e. The lowest BCUT2D eigenvalue weighted by Crippen LogP contribution is -2.24. The highest BCUT2D eigenvalue weighted by atomic mass is 32.2. The van der Waals surface area contributed by atoms with Crippen molar-refractivity contribution in [2.45, 2.75) is 68.8 Å². The van der Waals surface area contributed by atoms with Gasteiger partial charge < -0.3 is 4.42 Å². The molecular formula is C21H26N4O4S. The van der Waals surface area contributed by atoms with Crippen molar-refractivity contribution >= 4 is 21.1 Å². The first-order valence-corrected chi connectivity index (χ1v) is 12.1. The van der Waals surface area contributed by atoms with Crippen LogP contribution in [0.4, 0.5) is 0 Å². The normalized spacial score (nSPS) is 17.6. The Bertz CT molecular complexity index is 1260. The number of sulfonamides is 1. The molecule has 2 aliphatic rings. The second-order valence-electron chi connectivity index (χ2n) is 8.34. The molecular weight excluding hydrogens is 404 g/mol. The van der Waals surface area contributed by atoms with Gasteiger partial charge >= 0.3 is 5.76 Å². The van der Waals surface area contributed by atoms with Crippen LogP contribution in [-0.2, 0) is 36.5 Å². The number of oxazole rings is 1. The van der Waals surface area contributed by atoms with Crippen molar-refractivity contribution in [1.29, 1.82) is 0 Å². The van der Waals surface area contributed by atoms with Gasteiger partial charge in [0.25, 0.3) is 0 Å². The Morgan fingerprint density at radius 1 is 1.17 bits per heavy atom. The minimum Gasteiger partial charge on any atom is -0.408 e. The molecule has 8 nitrogen and oxygen atoms in total. The van der Waals surface area contributed by atoms with Crippen molar-refractivity contribution in [2.75, 3.05) is 0 Å². The number of benzene rings is 1. The van der Waals surface area contributed by atoms with Crippen LogP contribution in [0.5, 0.6) is 0 Å². The summed E-state index contributed by atoms with van der Waals surface area (Å²) in [7, 11) is -2.19. The van der Waals surface area contributed by atoms with Gasteiger partial charge in [0.15, 0.2) is 5.58 Å². The molecule has 2 aliphatic carbocycles. The van der Waals surface area contributed by atoms with Crippen molar-refractivity contribution in [1.82, 2.24) is 19.1 Å². The summed E-state index contributed by atoms with van der Waals surface area (Å²) in [4.78, 5) is 11.8. The summed E-state index contributed by atoms with van der Waals surface area (Å²) in [5.41, 5.74) is 4.19. The molecule has 0 saturated heterocycles. The van der Waals surface area contributed by atoms with E-state index in [1.807, 2.05) is 0 Å². The van der Waals surface area contributed by atoms with Crippen LogP contribution in [0.2, 0.25) is 0 Å². The standard InChI is InChI=1S/C21H26N4O4S/c1-24-19-12-15(10-11-20(19)29-21(24)26)30(27,28)22-13-17-16-8-4-5-9-18(16)25(23-17)14-6-2-3-7-14/h10-12,14,22H,2-9,13H2,1H3. The molecule has 5 rings (SSSR count). The summed E-state index contributed by atoms with van der Waals surface area (Å²) >= 11 is 0. The first kappa shape index (κ1) is 19.6. The molecule has 2 aromatic heterocycles. The summed E-state index contributed by atoms with van der Waals surface area (Å²) in [5.74, 6) is -0.517. The Labute approximate surface area is 174 Å². The Hall–Kier alpha value is -2.39. The average Bonchev–Trinajstić information content (AvgIpc) is 3.45. The van der Waals surface area contributed by atoms with Crippen LogP contribution in [0, 0.1) is 0 Å². The van der Waals surface area contributed by atoms with Crippen LogP contribution in [0.3, 0.4) is 0 Å². The zero-order chi connectivity index (χ0) is 20.9. The molecule has 1 aromatic carbocycles. The molecule has 2 heterocycles. The molecule has 1 N–H and O–H groups in total. The SMILES string of the molecule is Cn1c(=O)oc2ccc(S(=O)(=O)NCc3nn(C4CCCC4)c4c3CCCC4)cc21. The molecule has 0 radical (unpaired) electrons. The molecule has 0 amide bonds. The van der Waals surface area contributed by atoms with E-state index in [2.05, 4.69) is 9.40 Å². The predicted octanol–water partition coefficient (Wildman–Crippen LogP) is 2.80. The third kappa shape index (κ3) is 3.30. The molecule has 0 bridgehead atoms. The number of fused-ring (bicyclic) bond motifs is 2. The first-order chi connectivity index (χ1) is 14.4. The highest BCUT2D eigenvalue weighted by Crippen LogP contribution is 2.34. The third-order valence-electron chi connectivity index (χ3n) is 6.47. The van der Waals surface area contributed by atoms with Gasteiger partial charge in [0, 0.05) is 12.7 Å². The maximum atomic E-state index is 12.9. The monoisotopic (exact) mass is 430 g/mol. The molecule has 1 fully saturated rings. The van der Waals surface area contributed by atoms with Crippen LogP contribution >= 0.6 is 0 Å². The van der Waals surface area contributed by atoms with Gasteiger partial charge in [-0.3, -0.25) is 9.25 Å². The third-order valence-corrected chi connectivity index (χ3v) is 7.86. The van der Waals surface area contributed by atoms with Crippen molar-refractivity contribution in [3.05, 3.63) is 45.7 Å². The van der Waals surface area contributed by atoms with Gasteiger partial charge in [0.1, 0.15) is 0 Å². The van der Waals surface area contributed by atoms with E-state index < -0.39 is 15.8 Å². The predicted molar refractivity (Wildman–Crippen MR) is 112 cm³/mol. The molecule has 0 unspecified atom stereocenters. The second kappa shape index (κ2) is 7.39. The quantitative estimate of drug-likeness (QED) is 0.671. The Kier molecular flexibility index (Phi) is 4.82. The van der Waals surface area contributed by atoms with Gasteiger partial charge in [-0.1, -0.05) is 12.8 Å². The number of hydrogen-bond donors (Lipinski definition) is 1. The van der Waals surface area contributed by atoms with Gasteiger partial charge in [-0.2, -0.15) is 5.10 Å². The maximum Gasteiger partial charge on any atom is 0.419 e. The molecule has 1 saturated carbocycles. The van der Waals surface area contributed by atoms with E-state index in [1.54, 1.807) is 7.05 Å². The van der Waals surface area contributed by atoms with Crippen molar-refractivity contribution in [3.63, 3.8) is 0 Å². The molecule has 0 atom stereocenters. The molecule has 0 spiro atoms. The fraction of sp³-hybridized carbons (Fsp3) is 0.524. The van der Waals surface area contributed by atoms with Gasteiger partial charge in [-0.05, 0) is 62.3 Å². The summed E-state index contributed by atoms with van der Waals surface area (Å²) < 4.78 is 37.2. The van der Waals surface area contributed by atoms with E-state index in [4.69, 9.17) is 9.52 Å². The Balaban J connectivity index is 1.43. The van der Waals surface area contributed by atoms with E-state index in [9.17, 15) is 13.2 Å². The Morgan fingerprint density at radius 2 is 1.93 bits per heavy atom. The van der Waals surface area contributed by atoms with Crippen LogP contribution in [-0.4, -0.2) is 22.8 Å². The number of nitrogens with one attached hydrogen (secondary N) is 1. The van der Waals surface area contributed by atoms with E-state index >= 15 is 0 Å². The van der Waals surface area contributed by atoms with Crippen LogP contribution < -0.4 is 10.5 Å². The number of nitrogens with zero attached hydrogens (tertiary/aromatic N) is 3. The Morgan fingerprint density at radius 3 is 2.73 bits per heavy atom. The van der Waals surface area contributed by atoms with E-state index in [1.165, 1.54) is 53.3 Å². The first-order valence-electron chi connectivity index (χ1n) is 10.6. The topological polar surface area (TPSA) is 99.1 Å². The van der Waals surface area contributed by atoms with Crippen molar-refractivity contribution in [3.8, 4) is 0 Å². The van der Waals surface area contributed by atoms with Gasteiger partial charge in [0.2, 0.25) is 10.0 Å². The van der Waals surface area contributed by atoms with E-state index in [0.717, 1.165) is 37.8 Å². The fourth-order valence-corrected chi connectivity index (χ4v) is 5.82. The number of rotatable bonds is 5. The molecule has 9 heteroatoms. The minimum atomic E-state index is -3.75. The highest BCUT2D eigenvalue weighted by molar-refractivity contribution is 7.89. The molecule has 3 aromatic rings. The summed E-state index contributed by atoms with van der Waals surface area (Å²) in [5, 5.41) is 4.87. The minimum absolute atomic E-state index is 0.107. The van der Waals surface area contributed by atoms with Gasteiger partial charge in [-0.15, -0.1) is 0 Å². The van der Waals surface area contributed by atoms with Crippen molar-refractivity contribution in [2.24, 2.45) is 7.05 Å². The molecule has 30 heavy (non-hydrogen) atoms. The van der Waals surface area contributed by atoms with Crippen molar-refractivity contribution < 1.29 is 12.8 Å². The summed E-state index contributed by atoms with van der Waals surface area (Å²) in [6, 6.07) is 4.89. The number of hydrogen-bond acceptors (Lipinski definition) is 5. The maximum absolute atomic E-state index is 12.9. The zero-order valence-corrected chi connectivity index (χ0v) is 17.9. The second-order valence-corrected chi connectivity index (χ2v) is 10.1. The number of aryl methyl sites for hydroxylation is 1. The van der Waals surface area contributed by atoms with Gasteiger partial charge in [-0.25, -0.2) is 17.9 Å². The molecule has 0 aliphatic heterocycles. The van der Waals surface area contributed by atoms with Crippen LogP contribution in [0.1, 0.15) is 61.5 Å². The number of aromatic nitrogens is 3. The van der Waals surface area contributed by atoms with E-state index in [0.29, 0.717) is 17.1 Å². The van der Waals surface area contributed by atoms with Crippen LogP contribution in [0.15, 0.2) is 32.3 Å². The lowest BCUT2D eigenvalue weighted by molar-refractivity contribution is 0.439. The van der Waals surface area contributed by atoms with Crippen LogP contribution in [0.25, 0.3) is 11.1 Å². The lowest BCUT2D eigenvalue weighted by Gasteiger charge is -2.18. The van der Waals surface area contributed by atoms with E-state index in [-0.39, 0.29) is 11.4 Å². The summed E-state index contributed by atoms with van der Waals surface area (Å²) in [6.07, 6.45) is 9.05. The highest BCUT2D eigenvalue weighted by Gasteiger charge is 2.27. The molecule has 160 valence electrons. The zero-order valence-electron chi connectivity index (χ0n) is 17.1. The summed E-state index contributed by atoms with van der Waals surface area (Å²) in [6.45, 7) is 0.173. The van der Waals surface area contributed by atoms with Gasteiger partial charge in [0.05, 0.1) is 28.7 Å². The fourth-order valence-electron chi connectivity index (χ4n) is 4.82. The average molecular weight is 431 g/mol. The lowest BCUT2D eigenvalue weighted by atomic mass is 9.95. The largest absolute Gasteiger partial charge is 0.419 e.